The Bertz CT molecular complexity index is 486. The van der Waals surface area contributed by atoms with Crippen LogP contribution in [0.3, 0.4) is 0 Å². The molecular formula is C17H25NO2S. The highest BCUT2D eigenvalue weighted by Crippen LogP contribution is 2.35. The smallest absolute Gasteiger partial charge is 0.124 e. The summed E-state index contributed by atoms with van der Waals surface area (Å²) in [4.78, 5) is 0. The summed E-state index contributed by atoms with van der Waals surface area (Å²) < 4.78 is 11.7. The summed E-state index contributed by atoms with van der Waals surface area (Å²) in [6.07, 6.45) is 3.99. The van der Waals surface area contributed by atoms with E-state index in [-0.39, 0.29) is 6.10 Å². The van der Waals surface area contributed by atoms with Crippen molar-refractivity contribution in [2.24, 2.45) is 0 Å². The molecule has 1 aromatic carbocycles. The fraction of sp³-hybridized carbons (Fsp3) is 0.647. The standard InChI is InChI=1S/C17H25NO2S/c1-3-19-16-8-13-7-12(2)20-17(13)9-14(16)10-18-11-15-5-4-6-21-15/h8-9,12,15,18H,3-7,10-11H2,1-2H3. The van der Waals surface area contributed by atoms with Gasteiger partial charge in [-0.25, -0.2) is 0 Å². The Hall–Kier alpha value is -0.870. The van der Waals surface area contributed by atoms with Crippen LogP contribution in [-0.4, -0.2) is 30.3 Å². The van der Waals surface area contributed by atoms with Crippen molar-refractivity contribution < 1.29 is 9.47 Å². The van der Waals surface area contributed by atoms with Crippen LogP contribution in [-0.2, 0) is 13.0 Å². The Kier molecular flexibility index (Phi) is 4.96. The summed E-state index contributed by atoms with van der Waals surface area (Å²) in [7, 11) is 0. The van der Waals surface area contributed by atoms with E-state index in [0.717, 1.165) is 36.3 Å². The van der Waals surface area contributed by atoms with Crippen molar-refractivity contribution in [2.45, 2.75) is 51.0 Å². The molecule has 0 amide bonds. The number of hydrogen-bond donors (Lipinski definition) is 1. The van der Waals surface area contributed by atoms with Gasteiger partial charge in [0.05, 0.1) is 6.61 Å². The van der Waals surface area contributed by atoms with Crippen molar-refractivity contribution in [1.29, 1.82) is 0 Å². The number of rotatable bonds is 6. The van der Waals surface area contributed by atoms with Crippen LogP contribution >= 0.6 is 11.8 Å². The van der Waals surface area contributed by atoms with Crippen LogP contribution in [0.25, 0.3) is 0 Å². The lowest BCUT2D eigenvalue weighted by Crippen LogP contribution is -2.23. The van der Waals surface area contributed by atoms with Crippen molar-refractivity contribution in [3.05, 3.63) is 23.3 Å². The fourth-order valence-electron chi connectivity index (χ4n) is 3.08. The Labute approximate surface area is 131 Å². The molecule has 3 nitrogen and oxygen atoms in total. The molecule has 2 unspecified atom stereocenters. The Morgan fingerprint density at radius 2 is 2.33 bits per heavy atom. The van der Waals surface area contributed by atoms with Crippen LogP contribution in [0.1, 0.15) is 37.8 Å². The van der Waals surface area contributed by atoms with E-state index >= 15 is 0 Å². The first-order chi connectivity index (χ1) is 10.3. The Morgan fingerprint density at radius 3 is 3.10 bits per heavy atom. The van der Waals surface area contributed by atoms with E-state index in [1.165, 1.54) is 29.7 Å². The molecule has 1 N–H and O–H groups in total. The van der Waals surface area contributed by atoms with Crippen molar-refractivity contribution in [3.8, 4) is 11.5 Å². The molecule has 0 spiro atoms. The molecule has 0 bridgehead atoms. The molecule has 1 aromatic rings. The van der Waals surface area contributed by atoms with E-state index in [0.29, 0.717) is 6.61 Å². The van der Waals surface area contributed by atoms with E-state index in [2.05, 4.69) is 36.1 Å². The number of hydrogen-bond acceptors (Lipinski definition) is 4. The van der Waals surface area contributed by atoms with Gasteiger partial charge in [-0.05, 0) is 44.6 Å². The van der Waals surface area contributed by atoms with Crippen molar-refractivity contribution in [3.63, 3.8) is 0 Å². The molecular weight excluding hydrogens is 282 g/mol. The number of fused-ring (bicyclic) bond motifs is 1. The number of thioether (sulfide) groups is 1. The minimum atomic E-state index is 0.285. The number of nitrogens with one attached hydrogen (secondary N) is 1. The van der Waals surface area contributed by atoms with Crippen LogP contribution < -0.4 is 14.8 Å². The molecule has 0 saturated carbocycles. The van der Waals surface area contributed by atoms with Gasteiger partial charge in [-0.15, -0.1) is 0 Å². The van der Waals surface area contributed by atoms with Gasteiger partial charge >= 0.3 is 0 Å². The van der Waals surface area contributed by atoms with Crippen molar-refractivity contribution >= 4 is 11.8 Å². The monoisotopic (exact) mass is 307 g/mol. The lowest BCUT2D eigenvalue weighted by molar-refractivity contribution is 0.254. The minimum absolute atomic E-state index is 0.285. The van der Waals surface area contributed by atoms with Crippen molar-refractivity contribution in [2.75, 3.05) is 18.9 Å². The van der Waals surface area contributed by atoms with Gasteiger partial charge in [0.2, 0.25) is 0 Å². The third-order valence-electron chi connectivity index (χ3n) is 4.09. The first-order valence-electron chi connectivity index (χ1n) is 8.04. The molecule has 1 fully saturated rings. The molecule has 0 radical (unpaired) electrons. The molecule has 116 valence electrons. The summed E-state index contributed by atoms with van der Waals surface area (Å²) in [5.74, 6) is 3.37. The van der Waals surface area contributed by atoms with E-state index < -0.39 is 0 Å². The predicted octanol–water partition coefficient (Wildman–Crippen LogP) is 3.39. The zero-order valence-corrected chi connectivity index (χ0v) is 13.8. The molecule has 0 aromatic heterocycles. The van der Waals surface area contributed by atoms with Gasteiger partial charge in [0, 0.05) is 35.9 Å². The molecule has 0 aliphatic carbocycles. The van der Waals surface area contributed by atoms with Crippen LogP contribution in [0, 0.1) is 0 Å². The lowest BCUT2D eigenvalue weighted by atomic mass is 10.1. The Morgan fingerprint density at radius 1 is 1.43 bits per heavy atom. The molecule has 3 rings (SSSR count). The SMILES string of the molecule is CCOc1cc2c(cc1CNCC1CCCS1)OC(C)C2. The maximum absolute atomic E-state index is 5.87. The minimum Gasteiger partial charge on any atom is -0.494 e. The second-order valence-electron chi connectivity index (χ2n) is 5.90. The second-order valence-corrected chi connectivity index (χ2v) is 7.31. The van der Waals surface area contributed by atoms with Crippen LogP contribution in [0.5, 0.6) is 11.5 Å². The number of benzene rings is 1. The van der Waals surface area contributed by atoms with Gasteiger partial charge in [-0.3, -0.25) is 0 Å². The molecule has 2 aliphatic heterocycles. The first-order valence-corrected chi connectivity index (χ1v) is 9.08. The Balaban J connectivity index is 1.66. The van der Waals surface area contributed by atoms with Gasteiger partial charge in [0.25, 0.3) is 0 Å². The molecule has 4 heteroatoms. The quantitative estimate of drug-likeness (QED) is 0.872. The number of ether oxygens (including phenoxy) is 2. The van der Waals surface area contributed by atoms with Crippen LogP contribution in [0.2, 0.25) is 0 Å². The molecule has 2 heterocycles. The highest BCUT2D eigenvalue weighted by atomic mass is 32.2. The molecule has 2 aliphatic rings. The zero-order valence-electron chi connectivity index (χ0n) is 13.0. The first kappa shape index (κ1) is 15.0. The zero-order chi connectivity index (χ0) is 14.7. The maximum Gasteiger partial charge on any atom is 0.124 e. The van der Waals surface area contributed by atoms with Crippen molar-refractivity contribution in [1.82, 2.24) is 5.32 Å². The summed E-state index contributed by atoms with van der Waals surface area (Å²) in [6, 6.07) is 4.34. The van der Waals surface area contributed by atoms with Crippen LogP contribution in [0.15, 0.2) is 12.1 Å². The lowest BCUT2D eigenvalue weighted by Gasteiger charge is -2.15. The van der Waals surface area contributed by atoms with E-state index in [4.69, 9.17) is 9.47 Å². The van der Waals surface area contributed by atoms with Gasteiger partial charge in [-0.1, -0.05) is 0 Å². The highest BCUT2D eigenvalue weighted by molar-refractivity contribution is 8.00. The summed E-state index contributed by atoms with van der Waals surface area (Å²) in [6.45, 7) is 6.82. The van der Waals surface area contributed by atoms with Gasteiger partial charge in [0.1, 0.15) is 17.6 Å². The molecule has 1 saturated heterocycles. The average molecular weight is 307 g/mol. The normalized spacial score (nSPS) is 23.9. The summed E-state index contributed by atoms with van der Waals surface area (Å²) in [5, 5.41) is 4.37. The topological polar surface area (TPSA) is 30.5 Å². The molecule has 2 atom stereocenters. The fourth-order valence-corrected chi connectivity index (χ4v) is 4.32. The largest absolute Gasteiger partial charge is 0.494 e. The molecule has 21 heavy (non-hydrogen) atoms. The maximum atomic E-state index is 5.87. The summed E-state index contributed by atoms with van der Waals surface area (Å²) >= 11 is 2.09. The van der Waals surface area contributed by atoms with Gasteiger partial charge in [0.15, 0.2) is 0 Å². The van der Waals surface area contributed by atoms with E-state index in [9.17, 15) is 0 Å². The predicted molar refractivity (Wildman–Crippen MR) is 88.6 cm³/mol. The average Bonchev–Trinajstić information content (AvgIpc) is 3.07. The van der Waals surface area contributed by atoms with Crippen LogP contribution in [0.4, 0.5) is 0 Å². The van der Waals surface area contributed by atoms with Gasteiger partial charge in [-0.2, -0.15) is 11.8 Å². The summed E-state index contributed by atoms with van der Waals surface area (Å²) in [5.41, 5.74) is 2.49. The van der Waals surface area contributed by atoms with E-state index in [1.807, 2.05) is 6.92 Å². The van der Waals surface area contributed by atoms with E-state index in [1.54, 1.807) is 0 Å². The van der Waals surface area contributed by atoms with Gasteiger partial charge < -0.3 is 14.8 Å². The third-order valence-corrected chi connectivity index (χ3v) is 5.49. The third kappa shape index (κ3) is 3.67. The second kappa shape index (κ2) is 6.93. The highest BCUT2D eigenvalue weighted by Gasteiger charge is 2.22.